The van der Waals surface area contributed by atoms with Crippen LogP contribution in [0.4, 0.5) is 0 Å². The maximum atomic E-state index is 11.0. The van der Waals surface area contributed by atoms with Crippen LogP contribution < -0.4 is 5.32 Å². The molecule has 114 valence electrons. The minimum atomic E-state index is -0.943. The maximum Gasteiger partial charge on any atom is 0.339 e. The average molecular weight is 285 g/mol. The van der Waals surface area contributed by atoms with Gasteiger partial charge in [0.2, 0.25) is 0 Å². The van der Waals surface area contributed by atoms with Crippen LogP contribution in [-0.2, 0) is 23.1 Å². The number of hydrogen-bond acceptors (Lipinski definition) is 5. The molecule has 0 aliphatic heterocycles. The fraction of sp³-hybridized carbons (Fsp3) is 0.692. The van der Waals surface area contributed by atoms with Gasteiger partial charge in [-0.1, -0.05) is 0 Å². The Morgan fingerprint density at radius 1 is 1.40 bits per heavy atom. The Bertz CT molecular complexity index is 406. The van der Waals surface area contributed by atoms with Gasteiger partial charge in [0.15, 0.2) is 0 Å². The third-order valence-electron chi connectivity index (χ3n) is 2.91. The van der Waals surface area contributed by atoms with Crippen molar-refractivity contribution in [3.05, 3.63) is 17.5 Å². The van der Waals surface area contributed by atoms with Gasteiger partial charge in [0.25, 0.3) is 0 Å². The van der Waals surface area contributed by atoms with Crippen molar-refractivity contribution in [1.29, 1.82) is 0 Å². The van der Waals surface area contributed by atoms with E-state index in [1.54, 1.807) is 18.8 Å². The summed E-state index contributed by atoms with van der Waals surface area (Å²) in [5.41, 5.74) is 0.941. The number of carboxylic acid groups (broad SMARTS) is 1. The largest absolute Gasteiger partial charge is 0.478 e. The van der Waals surface area contributed by atoms with Gasteiger partial charge in [0.1, 0.15) is 5.56 Å². The molecule has 0 radical (unpaired) electrons. The van der Waals surface area contributed by atoms with Crippen molar-refractivity contribution in [2.75, 3.05) is 33.5 Å². The number of aromatic nitrogens is 2. The first kappa shape index (κ1) is 16.6. The van der Waals surface area contributed by atoms with Gasteiger partial charge in [-0.15, -0.1) is 0 Å². The van der Waals surface area contributed by atoms with Gasteiger partial charge >= 0.3 is 5.97 Å². The molecule has 7 heteroatoms. The zero-order chi connectivity index (χ0) is 14.8. The summed E-state index contributed by atoms with van der Waals surface area (Å²) in [6.07, 6.45) is 3.32. The minimum Gasteiger partial charge on any atom is -0.478 e. The molecule has 0 fully saturated rings. The number of aryl methyl sites for hydroxylation is 1. The highest BCUT2D eigenvalue weighted by atomic mass is 16.5. The molecule has 0 unspecified atom stereocenters. The van der Waals surface area contributed by atoms with Crippen LogP contribution in [0.25, 0.3) is 0 Å². The predicted octanol–water partition coefficient (Wildman–Crippen LogP) is 0.651. The lowest BCUT2D eigenvalue weighted by molar-refractivity contribution is 0.0688. The number of hydrogen-bond donors (Lipinski definition) is 2. The molecule has 1 aromatic rings. The van der Waals surface area contributed by atoms with Crippen molar-refractivity contribution in [2.24, 2.45) is 7.05 Å². The highest BCUT2D eigenvalue weighted by Gasteiger charge is 2.13. The first-order chi connectivity index (χ1) is 9.66. The van der Waals surface area contributed by atoms with Gasteiger partial charge in [-0.05, 0) is 19.4 Å². The fourth-order valence-corrected chi connectivity index (χ4v) is 1.76. The van der Waals surface area contributed by atoms with Gasteiger partial charge in [-0.2, -0.15) is 5.10 Å². The molecule has 7 nitrogen and oxygen atoms in total. The number of ether oxygens (including phenoxy) is 2. The van der Waals surface area contributed by atoms with Gasteiger partial charge in [-0.25, -0.2) is 4.79 Å². The quantitative estimate of drug-likeness (QED) is 0.581. The molecule has 0 saturated heterocycles. The molecule has 1 aromatic heterocycles. The van der Waals surface area contributed by atoms with Crippen LogP contribution >= 0.6 is 0 Å². The number of methoxy groups -OCH3 is 1. The second kappa shape index (κ2) is 9.46. The third kappa shape index (κ3) is 5.68. The molecule has 20 heavy (non-hydrogen) atoms. The summed E-state index contributed by atoms with van der Waals surface area (Å²) >= 11 is 0. The number of rotatable bonds is 11. The highest BCUT2D eigenvalue weighted by molar-refractivity contribution is 5.88. The Kier molecular flexibility index (Phi) is 7.86. The smallest absolute Gasteiger partial charge is 0.339 e. The first-order valence-corrected chi connectivity index (χ1v) is 6.68. The van der Waals surface area contributed by atoms with Crippen molar-refractivity contribution >= 4 is 5.97 Å². The van der Waals surface area contributed by atoms with Gasteiger partial charge in [0.05, 0.1) is 25.1 Å². The molecular formula is C13H23N3O4. The number of nitrogens with one attached hydrogen (secondary N) is 1. The SMILES string of the molecule is COCCOCCCCNCc1c(C(=O)O)cnn1C. The fourth-order valence-electron chi connectivity index (χ4n) is 1.76. The molecule has 0 spiro atoms. The Balaban J connectivity index is 2.12. The summed E-state index contributed by atoms with van der Waals surface area (Å²) in [6.45, 7) is 3.29. The van der Waals surface area contributed by atoms with Crippen LogP contribution in [-0.4, -0.2) is 54.3 Å². The lowest BCUT2D eigenvalue weighted by Gasteiger charge is -2.07. The monoisotopic (exact) mass is 285 g/mol. The van der Waals surface area contributed by atoms with Crippen LogP contribution in [0.2, 0.25) is 0 Å². The van der Waals surface area contributed by atoms with E-state index in [1.165, 1.54) is 6.20 Å². The highest BCUT2D eigenvalue weighted by Crippen LogP contribution is 2.06. The average Bonchev–Trinajstić information content (AvgIpc) is 2.78. The van der Waals surface area contributed by atoms with E-state index in [0.717, 1.165) is 26.0 Å². The Hall–Kier alpha value is -1.44. The minimum absolute atomic E-state index is 0.253. The molecule has 0 saturated carbocycles. The van der Waals surface area contributed by atoms with E-state index >= 15 is 0 Å². The molecule has 0 amide bonds. The van der Waals surface area contributed by atoms with Crippen molar-refractivity contribution in [3.63, 3.8) is 0 Å². The number of nitrogens with zero attached hydrogens (tertiary/aromatic N) is 2. The normalized spacial score (nSPS) is 10.9. The van der Waals surface area contributed by atoms with Crippen LogP contribution in [0, 0.1) is 0 Å². The molecule has 1 heterocycles. The lowest BCUT2D eigenvalue weighted by Crippen LogP contribution is -2.19. The molecule has 1 rings (SSSR count). The van der Waals surface area contributed by atoms with E-state index in [2.05, 4.69) is 10.4 Å². The summed E-state index contributed by atoms with van der Waals surface area (Å²) < 4.78 is 11.8. The van der Waals surface area contributed by atoms with Crippen molar-refractivity contribution in [2.45, 2.75) is 19.4 Å². The molecular weight excluding hydrogens is 262 g/mol. The van der Waals surface area contributed by atoms with E-state index < -0.39 is 5.97 Å². The van der Waals surface area contributed by atoms with Crippen LogP contribution in [0.1, 0.15) is 28.9 Å². The summed E-state index contributed by atoms with van der Waals surface area (Å²) in [7, 11) is 3.39. The molecule has 0 atom stereocenters. The number of aromatic carboxylic acids is 1. The van der Waals surface area contributed by atoms with Crippen LogP contribution in [0.3, 0.4) is 0 Å². The zero-order valence-corrected chi connectivity index (χ0v) is 12.1. The number of carbonyl (C=O) groups is 1. The van der Waals surface area contributed by atoms with E-state index in [0.29, 0.717) is 25.5 Å². The van der Waals surface area contributed by atoms with E-state index in [4.69, 9.17) is 14.6 Å². The van der Waals surface area contributed by atoms with Gasteiger partial charge < -0.3 is 19.9 Å². The Labute approximate surface area is 118 Å². The molecule has 0 aliphatic rings. The zero-order valence-electron chi connectivity index (χ0n) is 12.1. The third-order valence-corrected chi connectivity index (χ3v) is 2.91. The maximum absolute atomic E-state index is 11.0. The van der Waals surface area contributed by atoms with Gasteiger partial charge in [-0.3, -0.25) is 4.68 Å². The lowest BCUT2D eigenvalue weighted by atomic mass is 10.2. The molecule has 2 N–H and O–H groups in total. The summed E-state index contributed by atoms with van der Waals surface area (Å²) in [5, 5.41) is 16.2. The Morgan fingerprint density at radius 2 is 2.20 bits per heavy atom. The molecule has 0 aliphatic carbocycles. The summed E-state index contributed by atoms with van der Waals surface area (Å²) in [4.78, 5) is 11.0. The first-order valence-electron chi connectivity index (χ1n) is 6.68. The summed E-state index contributed by atoms with van der Waals surface area (Å²) in [6, 6.07) is 0. The van der Waals surface area contributed by atoms with E-state index in [-0.39, 0.29) is 5.56 Å². The molecule has 0 bridgehead atoms. The van der Waals surface area contributed by atoms with E-state index in [9.17, 15) is 4.79 Å². The van der Waals surface area contributed by atoms with Crippen LogP contribution in [0.15, 0.2) is 6.20 Å². The Morgan fingerprint density at radius 3 is 2.90 bits per heavy atom. The van der Waals surface area contributed by atoms with Crippen LogP contribution in [0.5, 0.6) is 0 Å². The molecule has 0 aromatic carbocycles. The van der Waals surface area contributed by atoms with Crippen molar-refractivity contribution < 1.29 is 19.4 Å². The van der Waals surface area contributed by atoms with Crippen molar-refractivity contribution in [1.82, 2.24) is 15.1 Å². The standard InChI is InChI=1S/C13H23N3O4/c1-16-12(11(9-15-16)13(17)18)10-14-5-3-4-6-20-8-7-19-2/h9,14H,3-8,10H2,1-2H3,(H,17,18). The topological polar surface area (TPSA) is 85.6 Å². The van der Waals surface area contributed by atoms with Crippen molar-refractivity contribution in [3.8, 4) is 0 Å². The number of unbranched alkanes of at least 4 members (excludes halogenated alkanes) is 1. The van der Waals surface area contributed by atoms with Gasteiger partial charge in [0, 0.05) is 27.3 Å². The summed E-state index contributed by atoms with van der Waals surface area (Å²) in [5.74, 6) is -0.943. The number of carboxylic acids is 1. The predicted molar refractivity (Wildman–Crippen MR) is 73.8 cm³/mol. The second-order valence-electron chi connectivity index (χ2n) is 4.42. The second-order valence-corrected chi connectivity index (χ2v) is 4.42. The van der Waals surface area contributed by atoms with E-state index in [1.807, 2.05) is 0 Å².